The van der Waals surface area contributed by atoms with Crippen LogP contribution in [0.25, 0.3) is 0 Å². The Morgan fingerprint density at radius 1 is 1.47 bits per heavy atom. The highest BCUT2D eigenvalue weighted by Crippen LogP contribution is 2.34. The molecular weight excluding hydrogens is 266 g/mol. The Bertz CT molecular complexity index is 503. The molecule has 5 nitrogen and oxygen atoms in total. The predicted molar refractivity (Wildman–Crippen MR) is 71.3 cm³/mol. The lowest BCUT2D eigenvalue weighted by Gasteiger charge is -2.34. The molecule has 1 atom stereocenters. The Morgan fingerprint density at radius 3 is 2.74 bits per heavy atom. The second-order valence-corrected chi connectivity index (χ2v) is 6.42. The highest BCUT2D eigenvalue weighted by molar-refractivity contribution is 7.10. The van der Waals surface area contributed by atoms with Gasteiger partial charge in [0.15, 0.2) is 6.04 Å². The number of carbonyl (C=O) groups is 2. The van der Waals surface area contributed by atoms with E-state index < -0.39 is 23.7 Å². The zero-order chi connectivity index (χ0) is 14.2. The number of aliphatic carboxylic acids is 1. The summed E-state index contributed by atoms with van der Waals surface area (Å²) in [6.45, 7) is 5.67. The molecule has 2 rings (SSSR count). The fraction of sp³-hybridized carbons (Fsp3) is 0.538. The number of ether oxygens (including phenoxy) is 1. The molecule has 1 amide bonds. The second kappa shape index (κ2) is 4.85. The normalized spacial score (nSPS) is 18.9. The third kappa shape index (κ3) is 2.89. The van der Waals surface area contributed by atoms with E-state index in [1.807, 2.05) is 11.4 Å². The molecule has 0 aromatic carbocycles. The maximum Gasteiger partial charge on any atom is 0.411 e. The number of hydrogen-bond acceptors (Lipinski definition) is 4. The van der Waals surface area contributed by atoms with Crippen LogP contribution in [0.2, 0.25) is 0 Å². The van der Waals surface area contributed by atoms with Crippen LogP contribution in [-0.2, 0) is 16.0 Å². The lowest BCUT2D eigenvalue weighted by atomic mass is 10.0. The second-order valence-electron chi connectivity index (χ2n) is 5.47. The van der Waals surface area contributed by atoms with Crippen molar-refractivity contribution in [1.29, 1.82) is 0 Å². The van der Waals surface area contributed by atoms with Crippen LogP contribution in [0.5, 0.6) is 0 Å². The molecule has 0 bridgehead atoms. The first kappa shape index (κ1) is 13.9. The summed E-state index contributed by atoms with van der Waals surface area (Å²) in [5.41, 5.74) is 0.382. The van der Waals surface area contributed by atoms with E-state index in [2.05, 4.69) is 0 Å². The van der Waals surface area contributed by atoms with Crippen LogP contribution in [0.1, 0.15) is 37.3 Å². The summed E-state index contributed by atoms with van der Waals surface area (Å²) in [6, 6.07) is 0.987. The molecule has 1 aromatic heterocycles. The number of carbonyl (C=O) groups excluding carboxylic acids is 1. The van der Waals surface area contributed by atoms with E-state index in [1.165, 1.54) is 16.2 Å². The Labute approximate surface area is 115 Å². The molecule has 1 aliphatic heterocycles. The lowest BCUT2D eigenvalue weighted by Crippen LogP contribution is -2.45. The third-order valence-corrected chi connectivity index (χ3v) is 3.84. The predicted octanol–water partition coefficient (Wildman–Crippen LogP) is 2.67. The van der Waals surface area contributed by atoms with Crippen LogP contribution in [0, 0.1) is 0 Å². The van der Waals surface area contributed by atoms with E-state index in [1.54, 1.807) is 20.8 Å². The molecule has 1 unspecified atom stereocenters. The van der Waals surface area contributed by atoms with Crippen LogP contribution in [0.15, 0.2) is 11.4 Å². The van der Waals surface area contributed by atoms with Gasteiger partial charge in [0.05, 0.1) is 0 Å². The molecule has 6 heteroatoms. The summed E-state index contributed by atoms with van der Waals surface area (Å²) in [5, 5.41) is 11.2. The van der Waals surface area contributed by atoms with Crippen LogP contribution in [-0.4, -0.2) is 34.2 Å². The third-order valence-electron chi connectivity index (χ3n) is 2.82. The molecular formula is C13H17NO4S. The van der Waals surface area contributed by atoms with Gasteiger partial charge < -0.3 is 9.84 Å². The number of thiophene rings is 1. The zero-order valence-electron chi connectivity index (χ0n) is 11.2. The number of amides is 1. The molecule has 0 saturated heterocycles. The fourth-order valence-corrected chi connectivity index (χ4v) is 3.13. The monoisotopic (exact) mass is 283 g/mol. The molecule has 0 aliphatic carbocycles. The molecule has 104 valence electrons. The molecule has 2 heterocycles. The minimum Gasteiger partial charge on any atom is -0.479 e. The Kier molecular flexibility index (Phi) is 3.54. The van der Waals surface area contributed by atoms with Crippen molar-refractivity contribution in [2.75, 3.05) is 6.54 Å². The number of nitrogens with zero attached hydrogens (tertiary/aromatic N) is 1. The van der Waals surface area contributed by atoms with Gasteiger partial charge in [-0.15, -0.1) is 11.3 Å². The van der Waals surface area contributed by atoms with Crippen molar-refractivity contribution in [3.63, 3.8) is 0 Å². The largest absolute Gasteiger partial charge is 0.479 e. The van der Waals surface area contributed by atoms with Crippen molar-refractivity contribution < 1.29 is 19.4 Å². The molecule has 1 aromatic rings. The standard InChI is InChI=1S/C13H17NO4S/c1-13(2,3)18-12(17)14-6-4-8-5-7-19-10(8)9(14)11(15)16/h5,7,9H,4,6H2,1-3H3,(H,15,16). The van der Waals surface area contributed by atoms with E-state index in [9.17, 15) is 14.7 Å². The van der Waals surface area contributed by atoms with Crippen molar-refractivity contribution in [1.82, 2.24) is 4.90 Å². The van der Waals surface area contributed by atoms with Crippen LogP contribution in [0.3, 0.4) is 0 Å². The summed E-state index contributed by atoms with van der Waals surface area (Å²) < 4.78 is 5.28. The van der Waals surface area contributed by atoms with Gasteiger partial charge in [-0.05, 0) is 44.2 Å². The first-order valence-corrected chi connectivity index (χ1v) is 6.96. The van der Waals surface area contributed by atoms with Gasteiger partial charge in [0.1, 0.15) is 5.60 Å². The van der Waals surface area contributed by atoms with Crippen molar-refractivity contribution in [3.8, 4) is 0 Å². The van der Waals surface area contributed by atoms with E-state index in [0.29, 0.717) is 13.0 Å². The Balaban J connectivity index is 2.27. The number of hydrogen-bond donors (Lipinski definition) is 1. The number of carboxylic acids is 1. The van der Waals surface area contributed by atoms with Crippen molar-refractivity contribution in [3.05, 3.63) is 21.9 Å². The van der Waals surface area contributed by atoms with Crippen LogP contribution in [0.4, 0.5) is 4.79 Å². The smallest absolute Gasteiger partial charge is 0.411 e. The van der Waals surface area contributed by atoms with Crippen LogP contribution >= 0.6 is 11.3 Å². The van der Waals surface area contributed by atoms with Crippen molar-refractivity contribution in [2.24, 2.45) is 0 Å². The van der Waals surface area contributed by atoms with Gasteiger partial charge in [0, 0.05) is 11.4 Å². The molecule has 1 N–H and O–H groups in total. The molecule has 0 spiro atoms. The first-order valence-electron chi connectivity index (χ1n) is 6.08. The quantitative estimate of drug-likeness (QED) is 0.860. The average Bonchev–Trinajstić information content (AvgIpc) is 2.72. The van der Waals surface area contributed by atoms with Gasteiger partial charge in [-0.1, -0.05) is 0 Å². The molecule has 0 radical (unpaired) electrons. The van der Waals surface area contributed by atoms with E-state index in [4.69, 9.17) is 4.74 Å². The van der Waals surface area contributed by atoms with Crippen molar-refractivity contribution >= 4 is 23.4 Å². The average molecular weight is 283 g/mol. The fourth-order valence-electron chi connectivity index (χ4n) is 2.07. The Morgan fingerprint density at radius 2 is 2.16 bits per heavy atom. The molecule has 19 heavy (non-hydrogen) atoms. The van der Waals surface area contributed by atoms with E-state index >= 15 is 0 Å². The highest BCUT2D eigenvalue weighted by Gasteiger charge is 2.38. The topological polar surface area (TPSA) is 66.8 Å². The SMILES string of the molecule is CC(C)(C)OC(=O)N1CCc2ccsc2C1C(=O)O. The summed E-state index contributed by atoms with van der Waals surface area (Å²) >= 11 is 1.37. The van der Waals surface area contributed by atoms with E-state index in [-0.39, 0.29) is 0 Å². The molecule has 1 aliphatic rings. The van der Waals surface area contributed by atoms with Gasteiger partial charge in [-0.2, -0.15) is 0 Å². The number of rotatable bonds is 1. The molecule has 0 saturated carbocycles. The minimum absolute atomic E-state index is 0.371. The lowest BCUT2D eigenvalue weighted by molar-refractivity contribution is -0.143. The number of carboxylic acid groups (broad SMARTS) is 1. The van der Waals surface area contributed by atoms with Crippen LogP contribution < -0.4 is 0 Å². The molecule has 0 fully saturated rings. The van der Waals surface area contributed by atoms with Gasteiger partial charge >= 0.3 is 12.1 Å². The zero-order valence-corrected chi connectivity index (χ0v) is 12.0. The highest BCUT2D eigenvalue weighted by atomic mass is 32.1. The summed E-state index contributed by atoms with van der Waals surface area (Å²) in [5.74, 6) is -1.02. The van der Waals surface area contributed by atoms with Gasteiger partial charge in [-0.25, -0.2) is 9.59 Å². The van der Waals surface area contributed by atoms with Gasteiger partial charge in [-0.3, -0.25) is 4.90 Å². The van der Waals surface area contributed by atoms with Crippen molar-refractivity contribution in [2.45, 2.75) is 38.8 Å². The number of fused-ring (bicyclic) bond motifs is 1. The van der Waals surface area contributed by atoms with E-state index in [0.717, 1.165) is 10.4 Å². The minimum atomic E-state index is -1.02. The Hall–Kier alpha value is -1.56. The summed E-state index contributed by atoms with van der Waals surface area (Å²) in [7, 11) is 0. The summed E-state index contributed by atoms with van der Waals surface area (Å²) in [6.07, 6.45) is 0.0981. The van der Waals surface area contributed by atoms with Gasteiger partial charge in [0.2, 0.25) is 0 Å². The first-order chi connectivity index (χ1) is 8.79. The summed E-state index contributed by atoms with van der Waals surface area (Å²) in [4.78, 5) is 25.6. The van der Waals surface area contributed by atoms with Gasteiger partial charge in [0.25, 0.3) is 0 Å². The maximum atomic E-state index is 12.1. The maximum absolute atomic E-state index is 12.1.